The van der Waals surface area contributed by atoms with Crippen LogP contribution in [0, 0.1) is 0 Å². The molecular weight excluding hydrogens is 425 g/mol. The molecule has 0 aromatic carbocycles. The van der Waals surface area contributed by atoms with E-state index in [-0.39, 0.29) is 30.7 Å². The van der Waals surface area contributed by atoms with Crippen molar-refractivity contribution in [3.8, 4) is 10.7 Å². The topological polar surface area (TPSA) is 97.7 Å². The van der Waals surface area contributed by atoms with Crippen molar-refractivity contribution in [1.29, 1.82) is 0 Å². The number of ether oxygens (including phenoxy) is 1. The fourth-order valence-electron chi connectivity index (χ4n) is 3.39. The third-order valence-corrected chi connectivity index (χ3v) is 5.90. The van der Waals surface area contributed by atoms with E-state index in [1.807, 2.05) is 22.4 Å². The van der Waals surface area contributed by atoms with Gasteiger partial charge in [-0.15, -0.1) is 36.2 Å². The molecule has 0 aliphatic carbocycles. The van der Waals surface area contributed by atoms with Gasteiger partial charge in [-0.05, 0) is 24.3 Å². The summed E-state index contributed by atoms with van der Waals surface area (Å²) in [4.78, 5) is 22.3. The molecule has 156 valence electrons. The van der Waals surface area contributed by atoms with Crippen LogP contribution in [0.4, 0.5) is 0 Å². The summed E-state index contributed by atoms with van der Waals surface area (Å²) in [5.74, 6) is 1.29. The van der Waals surface area contributed by atoms with E-state index in [1.165, 1.54) is 0 Å². The van der Waals surface area contributed by atoms with Crippen molar-refractivity contribution >= 4 is 42.1 Å². The van der Waals surface area contributed by atoms with Gasteiger partial charge in [0.05, 0.1) is 17.0 Å². The Balaban J connectivity index is 0.00000140. The van der Waals surface area contributed by atoms with Gasteiger partial charge in [-0.1, -0.05) is 11.2 Å². The van der Waals surface area contributed by atoms with Crippen molar-refractivity contribution in [3.63, 3.8) is 0 Å². The quantitative estimate of drug-likeness (QED) is 0.759. The molecule has 4 rings (SSSR count). The number of rotatable bonds is 4. The van der Waals surface area contributed by atoms with Gasteiger partial charge in [-0.3, -0.25) is 9.69 Å². The van der Waals surface area contributed by atoms with Crippen LogP contribution in [0.15, 0.2) is 22.0 Å². The summed E-state index contributed by atoms with van der Waals surface area (Å²) in [5.41, 5.74) is 5.56. The Kier molecular flexibility index (Phi) is 8.23. The van der Waals surface area contributed by atoms with Gasteiger partial charge < -0.3 is 19.9 Å². The smallest absolute Gasteiger partial charge is 0.242 e. The van der Waals surface area contributed by atoms with Crippen molar-refractivity contribution in [2.24, 2.45) is 5.73 Å². The van der Waals surface area contributed by atoms with E-state index in [0.29, 0.717) is 57.4 Å². The summed E-state index contributed by atoms with van der Waals surface area (Å²) in [5, 5.41) is 6.03. The molecule has 0 spiro atoms. The predicted octanol–water partition coefficient (Wildman–Crippen LogP) is 1.79. The van der Waals surface area contributed by atoms with Crippen molar-refractivity contribution < 1.29 is 14.1 Å². The molecule has 1 amide bonds. The van der Waals surface area contributed by atoms with Crippen molar-refractivity contribution in [2.45, 2.75) is 24.9 Å². The molecule has 0 unspecified atom stereocenters. The van der Waals surface area contributed by atoms with Gasteiger partial charge in [0, 0.05) is 39.4 Å². The summed E-state index contributed by atoms with van der Waals surface area (Å²) in [6.45, 7) is 4.61. The first-order valence-electron chi connectivity index (χ1n) is 8.89. The van der Waals surface area contributed by atoms with Crippen LogP contribution in [0.25, 0.3) is 10.7 Å². The molecule has 2 aromatic heterocycles. The van der Waals surface area contributed by atoms with Gasteiger partial charge in [-0.2, -0.15) is 4.98 Å². The number of carbonyl (C=O) groups is 1. The molecular formula is C17H25Cl2N5O3S. The van der Waals surface area contributed by atoms with E-state index in [9.17, 15) is 4.79 Å². The molecule has 2 aliphatic rings. The average Bonchev–Trinajstić information content (AvgIpc) is 3.34. The monoisotopic (exact) mass is 449 g/mol. The Labute approximate surface area is 180 Å². The van der Waals surface area contributed by atoms with Crippen molar-refractivity contribution in [2.75, 3.05) is 39.4 Å². The highest BCUT2D eigenvalue weighted by molar-refractivity contribution is 7.13. The standard InChI is InChI=1S/C17H23N5O3S.2ClH/c18-17(3-9-24-10-4-17)16(23)22-7-5-21(6-8-22)12-14-19-15(20-25-14)13-2-1-11-26-13;;/h1-2,11H,3-10,12,18H2;2*1H. The SMILES string of the molecule is Cl.Cl.NC1(C(=O)N2CCN(Cc3nc(-c4cccs4)no3)CC2)CCOCC1. The summed E-state index contributed by atoms with van der Waals surface area (Å²) < 4.78 is 10.7. The molecule has 0 radical (unpaired) electrons. The van der Waals surface area contributed by atoms with Gasteiger partial charge in [-0.25, -0.2) is 0 Å². The van der Waals surface area contributed by atoms with Crippen LogP contribution in [-0.2, 0) is 16.1 Å². The van der Waals surface area contributed by atoms with E-state index in [4.69, 9.17) is 15.0 Å². The highest BCUT2D eigenvalue weighted by atomic mass is 35.5. The molecule has 0 saturated carbocycles. The molecule has 11 heteroatoms. The molecule has 2 fully saturated rings. The summed E-state index contributed by atoms with van der Waals surface area (Å²) in [6.07, 6.45) is 1.19. The van der Waals surface area contributed by atoms with Crippen LogP contribution in [0.5, 0.6) is 0 Å². The first-order chi connectivity index (χ1) is 12.6. The largest absolute Gasteiger partial charge is 0.381 e. The molecule has 2 aliphatic heterocycles. The predicted molar refractivity (Wildman–Crippen MR) is 111 cm³/mol. The zero-order valence-electron chi connectivity index (χ0n) is 15.4. The van der Waals surface area contributed by atoms with Crippen LogP contribution in [0.2, 0.25) is 0 Å². The number of nitrogens with zero attached hydrogens (tertiary/aromatic N) is 4. The number of thiophene rings is 1. The second-order valence-corrected chi connectivity index (χ2v) is 7.77. The van der Waals surface area contributed by atoms with Gasteiger partial charge in [0.1, 0.15) is 0 Å². The first-order valence-corrected chi connectivity index (χ1v) is 9.77. The number of amides is 1. The minimum absolute atomic E-state index is 0. The summed E-state index contributed by atoms with van der Waals surface area (Å²) in [7, 11) is 0. The highest BCUT2D eigenvalue weighted by Gasteiger charge is 2.39. The molecule has 0 atom stereocenters. The fourth-order valence-corrected chi connectivity index (χ4v) is 4.04. The first kappa shape index (κ1) is 23.1. The Bertz CT molecular complexity index is 744. The number of carbonyl (C=O) groups excluding carboxylic acids is 1. The highest BCUT2D eigenvalue weighted by Crippen LogP contribution is 2.23. The molecule has 2 saturated heterocycles. The lowest BCUT2D eigenvalue weighted by atomic mass is 9.89. The van der Waals surface area contributed by atoms with Gasteiger partial charge in [0.2, 0.25) is 17.6 Å². The summed E-state index contributed by atoms with van der Waals surface area (Å²) in [6, 6.07) is 3.94. The van der Waals surface area contributed by atoms with Crippen LogP contribution >= 0.6 is 36.2 Å². The number of nitrogens with two attached hydrogens (primary N) is 1. The average molecular weight is 450 g/mol. The second-order valence-electron chi connectivity index (χ2n) is 6.83. The maximum atomic E-state index is 12.8. The number of piperazine rings is 1. The van der Waals surface area contributed by atoms with Crippen molar-refractivity contribution in [1.82, 2.24) is 19.9 Å². The van der Waals surface area contributed by atoms with E-state index < -0.39 is 5.54 Å². The maximum Gasteiger partial charge on any atom is 0.242 e. The second kappa shape index (κ2) is 10.00. The van der Waals surface area contributed by atoms with Crippen LogP contribution in [-0.4, -0.2) is 70.8 Å². The number of hydrogen-bond acceptors (Lipinski definition) is 8. The zero-order valence-corrected chi connectivity index (χ0v) is 17.9. The lowest BCUT2D eigenvalue weighted by molar-refractivity contribution is -0.142. The third-order valence-electron chi connectivity index (χ3n) is 5.04. The van der Waals surface area contributed by atoms with Crippen LogP contribution in [0.3, 0.4) is 0 Å². The third kappa shape index (κ3) is 5.03. The molecule has 2 N–H and O–H groups in total. The summed E-state index contributed by atoms with van der Waals surface area (Å²) >= 11 is 1.59. The minimum Gasteiger partial charge on any atom is -0.381 e. The Morgan fingerprint density at radius 3 is 2.57 bits per heavy atom. The van der Waals surface area contributed by atoms with Crippen LogP contribution < -0.4 is 5.73 Å². The normalized spacial score (nSPS) is 19.5. The van der Waals surface area contributed by atoms with Gasteiger partial charge >= 0.3 is 0 Å². The Hall–Kier alpha value is -1.23. The van der Waals surface area contributed by atoms with E-state index in [0.717, 1.165) is 18.0 Å². The van der Waals surface area contributed by atoms with Gasteiger partial charge in [0.15, 0.2) is 0 Å². The maximum absolute atomic E-state index is 12.8. The Morgan fingerprint density at radius 1 is 1.21 bits per heavy atom. The molecule has 28 heavy (non-hydrogen) atoms. The molecule has 2 aromatic rings. The zero-order chi connectivity index (χ0) is 18.0. The Morgan fingerprint density at radius 2 is 1.93 bits per heavy atom. The molecule has 8 nitrogen and oxygen atoms in total. The lowest BCUT2D eigenvalue weighted by Crippen LogP contribution is -2.61. The minimum atomic E-state index is -0.761. The number of halogens is 2. The van der Waals surface area contributed by atoms with Crippen molar-refractivity contribution in [3.05, 3.63) is 23.4 Å². The van der Waals surface area contributed by atoms with E-state index in [2.05, 4.69) is 15.0 Å². The van der Waals surface area contributed by atoms with Gasteiger partial charge in [0.25, 0.3) is 0 Å². The van der Waals surface area contributed by atoms with E-state index in [1.54, 1.807) is 11.3 Å². The van der Waals surface area contributed by atoms with Crippen LogP contribution in [0.1, 0.15) is 18.7 Å². The lowest BCUT2D eigenvalue weighted by Gasteiger charge is -2.40. The fraction of sp³-hybridized carbons (Fsp3) is 0.588. The number of aromatic nitrogens is 2. The van der Waals surface area contributed by atoms with E-state index >= 15 is 0 Å². The molecule has 4 heterocycles. The number of hydrogen-bond donors (Lipinski definition) is 1. The molecule has 0 bridgehead atoms.